The Morgan fingerprint density at radius 1 is 1.43 bits per heavy atom. The lowest BCUT2D eigenvalue weighted by Gasteiger charge is -2.08. The van der Waals surface area contributed by atoms with Gasteiger partial charge in [-0.15, -0.1) is 0 Å². The van der Waals surface area contributed by atoms with Crippen molar-refractivity contribution in [3.63, 3.8) is 0 Å². The minimum absolute atomic E-state index is 0.0448. The van der Waals surface area contributed by atoms with E-state index in [1.165, 1.54) is 4.57 Å². The third kappa shape index (κ3) is 2.02. The summed E-state index contributed by atoms with van der Waals surface area (Å²) in [5.74, 6) is 0. The molecule has 0 unspecified atom stereocenters. The van der Waals surface area contributed by atoms with Gasteiger partial charge in [0.2, 0.25) is 0 Å². The molecule has 4 heteroatoms. The number of rotatable bonds is 2. The van der Waals surface area contributed by atoms with E-state index in [9.17, 15) is 9.59 Å². The second kappa shape index (κ2) is 4.09. The lowest BCUT2D eigenvalue weighted by Crippen LogP contribution is -2.31. The largest absolute Gasteiger partial charge is 0.328 e. The molecular weight excluding hydrogens is 180 g/mol. The monoisotopic (exact) mass is 194 g/mol. The van der Waals surface area contributed by atoms with Gasteiger partial charge in [-0.05, 0) is 20.8 Å². The standard InChI is InChI=1S/C10H14N2O2/c1-4-5-8-6-12(7(2)3)10(14)11-9(8)13/h4-7H,1-3H3,(H,11,13,14)/b5-4+. The van der Waals surface area contributed by atoms with E-state index in [-0.39, 0.29) is 17.3 Å². The Bertz CT molecular complexity index is 452. The van der Waals surface area contributed by atoms with Gasteiger partial charge < -0.3 is 0 Å². The van der Waals surface area contributed by atoms with E-state index in [1.54, 1.807) is 18.3 Å². The van der Waals surface area contributed by atoms with Crippen molar-refractivity contribution in [3.05, 3.63) is 38.7 Å². The molecule has 1 aromatic heterocycles. The number of hydrogen-bond donors (Lipinski definition) is 1. The summed E-state index contributed by atoms with van der Waals surface area (Å²) < 4.78 is 1.50. The van der Waals surface area contributed by atoms with Crippen molar-refractivity contribution in [2.75, 3.05) is 0 Å². The highest BCUT2D eigenvalue weighted by Gasteiger charge is 2.04. The SMILES string of the molecule is C/C=C/c1cn(C(C)C)c(=O)[nH]c1=O. The van der Waals surface area contributed by atoms with Gasteiger partial charge in [-0.3, -0.25) is 14.3 Å². The fourth-order valence-corrected chi connectivity index (χ4v) is 1.18. The summed E-state index contributed by atoms with van der Waals surface area (Å²) in [6.07, 6.45) is 5.02. The summed E-state index contributed by atoms with van der Waals surface area (Å²) in [5, 5.41) is 0. The molecule has 0 saturated carbocycles. The summed E-state index contributed by atoms with van der Waals surface area (Å²) >= 11 is 0. The lowest BCUT2D eigenvalue weighted by molar-refractivity contribution is 0.560. The van der Waals surface area contributed by atoms with Crippen molar-refractivity contribution in [2.45, 2.75) is 26.8 Å². The molecule has 14 heavy (non-hydrogen) atoms. The molecule has 0 aliphatic heterocycles. The van der Waals surface area contributed by atoms with Crippen molar-refractivity contribution in [3.8, 4) is 0 Å². The van der Waals surface area contributed by atoms with E-state index >= 15 is 0 Å². The quantitative estimate of drug-likeness (QED) is 0.767. The second-order valence-corrected chi connectivity index (χ2v) is 3.34. The molecule has 0 radical (unpaired) electrons. The molecule has 0 fully saturated rings. The summed E-state index contributed by atoms with van der Waals surface area (Å²) in [6, 6.07) is 0.0448. The number of nitrogens with zero attached hydrogens (tertiary/aromatic N) is 1. The van der Waals surface area contributed by atoms with Gasteiger partial charge in [-0.1, -0.05) is 12.2 Å². The molecule has 0 bridgehead atoms. The van der Waals surface area contributed by atoms with Crippen LogP contribution in [0.5, 0.6) is 0 Å². The molecule has 0 aromatic carbocycles. The molecule has 0 aliphatic carbocycles. The first-order chi connectivity index (χ1) is 6.56. The highest BCUT2D eigenvalue weighted by Crippen LogP contribution is 2.00. The molecule has 0 aliphatic rings. The Morgan fingerprint density at radius 2 is 2.07 bits per heavy atom. The van der Waals surface area contributed by atoms with Gasteiger partial charge in [-0.2, -0.15) is 0 Å². The average Bonchev–Trinajstić information content (AvgIpc) is 2.09. The number of H-pyrrole nitrogens is 1. The van der Waals surface area contributed by atoms with Crippen LogP contribution in [-0.2, 0) is 0 Å². The Kier molecular flexibility index (Phi) is 3.06. The molecule has 1 heterocycles. The molecule has 0 amide bonds. The summed E-state index contributed by atoms with van der Waals surface area (Å²) in [7, 11) is 0. The van der Waals surface area contributed by atoms with Crippen molar-refractivity contribution in [1.82, 2.24) is 9.55 Å². The zero-order valence-electron chi connectivity index (χ0n) is 8.57. The normalized spacial score (nSPS) is 11.4. The number of aromatic nitrogens is 2. The molecule has 1 N–H and O–H groups in total. The first-order valence-corrected chi connectivity index (χ1v) is 4.54. The molecular formula is C10H14N2O2. The highest BCUT2D eigenvalue weighted by molar-refractivity contribution is 5.45. The van der Waals surface area contributed by atoms with Crippen molar-refractivity contribution < 1.29 is 0 Å². The van der Waals surface area contributed by atoms with Crippen LogP contribution in [0.3, 0.4) is 0 Å². The topological polar surface area (TPSA) is 54.9 Å². The van der Waals surface area contributed by atoms with Gasteiger partial charge in [0.25, 0.3) is 5.56 Å². The summed E-state index contributed by atoms with van der Waals surface area (Å²) in [5.41, 5.74) is -0.205. The molecule has 1 aromatic rings. The van der Waals surface area contributed by atoms with E-state index in [0.29, 0.717) is 5.56 Å². The van der Waals surface area contributed by atoms with Crippen LogP contribution < -0.4 is 11.2 Å². The van der Waals surface area contributed by atoms with Crippen LogP contribution in [0.1, 0.15) is 32.4 Å². The maximum absolute atomic E-state index is 11.3. The van der Waals surface area contributed by atoms with Crippen LogP contribution >= 0.6 is 0 Å². The van der Waals surface area contributed by atoms with Crippen LogP contribution in [0.15, 0.2) is 21.9 Å². The first-order valence-electron chi connectivity index (χ1n) is 4.54. The van der Waals surface area contributed by atoms with Crippen molar-refractivity contribution >= 4 is 6.08 Å². The van der Waals surface area contributed by atoms with E-state index < -0.39 is 0 Å². The van der Waals surface area contributed by atoms with Crippen LogP contribution in [0, 0.1) is 0 Å². The Labute approximate surface area is 81.9 Å². The van der Waals surface area contributed by atoms with E-state index in [0.717, 1.165) is 0 Å². The number of allylic oxidation sites excluding steroid dienone is 1. The van der Waals surface area contributed by atoms with Gasteiger partial charge in [0.05, 0.1) is 5.56 Å². The highest BCUT2D eigenvalue weighted by atomic mass is 16.2. The van der Waals surface area contributed by atoms with Crippen molar-refractivity contribution in [1.29, 1.82) is 0 Å². The summed E-state index contributed by atoms with van der Waals surface area (Å²) in [6.45, 7) is 5.60. The van der Waals surface area contributed by atoms with Gasteiger partial charge in [0.15, 0.2) is 0 Å². The van der Waals surface area contributed by atoms with Crippen molar-refractivity contribution in [2.24, 2.45) is 0 Å². The molecule has 4 nitrogen and oxygen atoms in total. The third-order valence-corrected chi connectivity index (χ3v) is 1.90. The number of nitrogens with one attached hydrogen (secondary N) is 1. The Hall–Kier alpha value is -1.58. The van der Waals surface area contributed by atoms with E-state index in [4.69, 9.17) is 0 Å². The predicted molar refractivity (Wildman–Crippen MR) is 56.4 cm³/mol. The molecule has 0 spiro atoms. The van der Waals surface area contributed by atoms with Crippen LogP contribution in [0.2, 0.25) is 0 Å². The molecule has 76 valence electrons. The number of aromatic amines is 1. The Morgan fingerprint density at radius 3 is 2.57 bits per heavy atom. The van der Waals surface area contributed by atoms with Gasteiger partial charge >= 0.3 is 5.69 Å². The zero-order chi connectivity index (χ0) is 10.7. The first kappa shape index (κ1) is 10.5. The Balaban J connectivity index is 3.42. The minimum atomic E-state index is -0.363. The second-order valence-electron chi connectivity index (χ2n) is 3.34. The number of hydrogen-bond acceptors (Lipinski definition) is 2. The van der Waals surface area contributed by atoms with Gasteiger partial charge in [0.1, 0.15) is 0 Å². The van der Waals surface area contributed by atoms with Crippen LogP contribution in [-0.4, -0.2) is 9.55 Å². The third-order valence-electron chi connectivity index (χ3n) is 1.90. The lowest BCUT2D eigenvalue weighted by atomic mass is 10.3. The smallest absolute Gasteiger partial charge is 0.297 e. The van der Waals surface area contributed by atoms with E-state index in [2.05, 4.69) is 4.98 Å². The fraction of sp³-hybridized carbons (Fsp3) is 0.400. The van der Waals surface area contributed by atoms with Crippen LogP contribution in [0.25, 0.3) is 6.08 Å². The summed E-state index contributed by atoms with van der Waals surface area (Å²) in [4.78, 5) is 24.9. The fourth-order valence-electron chi connectivity index (χ4n) is 1.18. The molecule has 0 atom stereocenters. The van der Waals surface area contributed by atoms with E-state index in [1.807, 2.05) is 20.8 Å². The van der Waals surface area contributed by atoms with Crippen LogP contribution in [0.4, 0.5) is 0 Å². The zero-order valence-corrected chi connectivity index (χ0v) is 8.57. The maximum atomic E-state index is 11.3. The van der Waals surface area contributed by atoms with Gasteiger partial charge in [0, 0.05) is 12.2 Å². The molecule has 1 rings (SSSR count). The molecule has 0 saturated heterocycles. The maximum Gasteiger partial charge on any atom is 0.328 e. The predicted octanol–water partition coefficient (Wildman–Crippen LogP) is 1.15. The van der Waals surface area contributed by atoms with Gasteiger partial charge in [-0.25, -0.2) is 4.79 Å². The average molecular weight is 194 g/mol. The minimum Gasteiger partial charge on any atom is -0.297 e.